The van der Waals surface area contributed by atoms with E-state index in [4.69, 9.17) is 0 Å². The molecule has 0 aromatic heterocycles. The maximum absolute atomic E-state index is 10.8. The van der Waals surface area contributed by atoms with Crippen LogP contribution in [-0.2, 0) is 6.54 Å². The lowest BCUT2D eigenvalue weighted by atomic mass is 10.1. The summed E-state index contributed by atoms with van der Waals surface area (Å²) in [6.07, 6.45) is 0. The molecule has 1 aromatic rings. The van der Waals surface area contributed by atoms with Crippen LogP contribution in [0.3, 0.4) is 0 Å². The van der Waals surface area contributed by atoms with Crippen molar-refractivity contribution >= 4 is 35.6 Å². The van der Waals surface area contributed by atoms with Crippen molar-refractivity contribution in [2.75, 3.05) is 20.1 Å². The maximum Gasteiger partial charge on any atom is 0.272 e. The normalized spacial score (nSPS) is 13.8. The van der Waals surface area contributed by atoms with Crippen molar-refractivity contribution in [1.82, 2.24) is 10.2 Å². The van der Waals surface area contributed by atoms with Crippen LogP contribution in [0.25, 0.3) is 0 Å². The van der Waals surface area contributed by atoms with Crippen LogP contribution in [0.1, 0.15) is 11.1 Å². The molecule has 6 nitrogen and oxygen atoms in total. The fourth-order valence-corrected chi connectivity index (χ4v) is 1.96. The summed E-state index contributed by atoms with van der Waals surface area (Å²) in [5, 5.41) is 14.0. The van der Waals surface area contributed by atoms with Crippen LogP contribution in [0.5, 0.6) is 0 Å². The van der Waals surface area contributed by atoms with E-state index in [9.17, 15) is 10.1 Å². The van der Waals surface area contributed by atoms with Crippen molar-refractivity contribution in [3.8, 4) is 0 Å². The van der Waals surface area contributed by atoms with Gasteiger partial charge in [-0.15, -0.1) is 24.0 Å². The molecule has 0 atom stereocenters. The molecule has 0 bridgehead atoms. The highest BCUT2D eigenvalue weighted by Gasteiger charge is 2.15. The first-order valence-corrected chi connectivity index (χ1v) is 5.82. The van der Waals surface area contributed by atoms with E-state index in [0.29, 0.717) is 12.1 Å². The largest absolute Gasteiger partial charge is 0.352 e. The molecule has 1 aliphatic heterocycles. The molecule has 1 aliphatic rings. The first-order chi connectivity index (χ1) is 8.59. The van der Waals surface area contributed by atoms with E-state index in [1.54, 1.807) is 13.0 Å². The molecule has 0 radical (unpaired) electrons. The van der Waals surface area contributed by atoms with Crippen LogP contribution >= 0.6 is 24.0 Å². The number of likely N-dealkylation sites (N-methyl/N-ethyl adjacent to an activating group) is 1. The second-order valence-corrected chi connectivity index (χ2v) is 4.30. The van der Waals surface area contributed by atoms with Gasteiger partial charge in [-0.1, -0.05) is 12.1 Å². The summed E-state index contributed by atoms with van der Waals surface area (Å²) < 4.78 is 0. The molecule has 0 saturated carbocycles. The van der Waals surface area contributed by atoms with E-state index < -0.39 is 0 Å². The van der Waals surface area contributed by atoms with Gasteiger partial charge in [0, 0.05) is 31.8 Å². The van der Waals surface area contributed by atoms with Crippen molar-refractivity contribution in [3.05, 3.63) is 39.4 Å². The molecular weight excluding hydrogens is 359 g/mol. The van der Waals surface area contributed by atoms with Gasteiger partial charge in [0.05, 0.1) is 11.5 Å². The van der Waals surface area contributed by atoms with Gasteiger partial charge in [-0.3, -0.25) is 15.1 Å². The summed E-state index contributed by atoms with van der Waals surface area (Å²) in [5.41, 5.74) is 1.79. The molecule has 0 aliphatic carbocycles. The lowest BCUT2D eigenvalue weighted by Crippen LogP contribution is -2.35. The number of halogens is 1. The zero-order valence-electron chi connectivity index (χ0n) is 10.9. The molecule has 2 rings (SSSR count). The van der Waals surface area contributed by atoms with Crippen LogP contribution in [-0.4, -0.2) is 35.9 Å². The molecule has 0 amide bonds. The van der Waals surface area contributed by atoms with Crippen LogP contribution in [0.2, 0.25) is 0 Å². The van der Waals surface area contributed by atoms with Gasteiger partial charge < -0.3 is 10.2 Å². The van der Waals surface area contributed by atoms with Gasteiger partial charge in [-0.2, -0.15) is 0 Å². The first kappa shape index (κ1) is 15.7. The Morgan fingerprint density at radius 3 is 2.84 bits per heavy atom. The minimum atomic E-state index is -0.349. The third kappa shape index (κ3) is 3.55. The number of guanidine groups is 1. The average molecular weight is 376 g/mol. The molecule has 1 N–H and O–H groups in total. The SMILES string of the molecule is Cc1c(CNC2=NCCN2C)cccc1[N+](=O)[O-].I. The number of hydrogen-bond donors (Lipinski definition) is 1. The molecule has 0 fully saturated rings. The van der Waals surface area contributed by atoms with Crippen LogP contribution in [0.15, 0.2) is 23.2 Å². The van der Waals surface area contributed by atoms with Crippen molar-refractivity contribution in [1.29, 1.82) is 0 Å². The fraction of sp³-hybridized carbons (Fsp3) is 0.417. The highest BCUT2D eigenvalue weighted by molar-refractivity contribution is 14.0. The summed E-state index contributed by atoms with van der Waals surface area (Å²) in [4.78, 5) is 16.8. The van der Waals surface area contributed by atoms with Crippen LogP contribution in [0, 0.1) is 17.0 Å². The van der Waals surface area contributed by atoms with Crippen LogP contribution < -0.4 is 5.32 Å². The Balaban J connectivity index is 0.00000180. The van der Waals surface area contributed by atoms with Gasteiger partial charge >= 0.3 is 0 Å². The van der Waals surface area contributed by atoms with E-state index in [-0.39, 0.29) is 34.6 Å². The number of nitro groups is 1. The molecule has 104 valence electrons. The number of rotatable bonds is 3. The monoisotopic (exact) mass is 376 g/mol. The van der Waals surface area contributed by atoms with E-state index in [1.807, 2.05) is 18.0 Å². The lowest BCUT2D eigenvalue weighted by Gasteiger charge is -2.15. The Hall–Kier alpha value is -1.38. The van der Waals surface area contributed by atoms with Crippen molar-refractivity contribution in [2.45, 2.75) is 13.5 Å². The minimum Gasteiger partial charge on any atom is -0.352 e. The molecule has 1 aromatic carbocycles. The molecule has 1 heterocycles. The van der Waals surface area contributed by atoms with Gasteiger partial charge in [-0.25, -0.2) is 0 Å². The Labute approximate surface area is 129 Å². The van der Waals surface area contributed by atoms with Gasteiger partial charge in [0.15, 0.2) is 5.96 Å². The van der Waals surface area contributed by atoms with E-state index in [0.717, 1.165) is 24.6 Å². The molecule has 19 heavy (non-hydrogen) atoms. The number of nitro benzene ring substituents is 1. The van der Waals surface area contributed by atoms with Gasteiger partial charge in [0.1, 0.15) is 0 Å². The number of aliphatic imine (C=N–C) groups is 1. The molecule has 7 heteroatoms. The standard InChI is InChI=1S/C12H16N4O2.HI/c1-9-10(4-3-5-11(9)16(17)18)8-14-12-13-6-7-15(12)2;/h3-5H,6-8H2,1-2H3,(H,13,14);1H. The third-order valence-corrected chi connectivity index (χ3v) is 3.11. The highest BCUT2D eigenvalue weighted by atomic mass is 127. The third-order valence-electron chi connectivity index (χ3n) is 3.11. The Bertz CT molecular complexity index is 505. The zero-order chi connectivity index (χ0) is 13.1. The number of hydrogen-bond acceptors (Lipinski definition) is 5. The number of nitrogens with zero attached hydrogens (tertiary/aromatic N) is 3. The van der Waals surface area contributed by atoms with E-state index >= 15 is 0 Å². The Kier molecular flexibility index (Phi) is 5.52. The molecular formula is C12H17IN4O2. The number of benzene rings is 1. The summed E-state index contributed by atoms with van der Waals surface area (Å²) in [6.45, 7) is 4.04. The Morgan fingerprint density at radius 1 is 1.53 bits per heavy atom. The van der Waals surface area contributed by atoms with Crippen molar-refractivity contribution < 1.29 is 4.92 Å². The van der Waals surface area contributed by atoms with Gasteiger partial charge in [0.25, 0.3) is 5.69 Å². The smallest absolute Gasteiger partial charge is 0.272 e. The summed E-state index contributed by atoms with van der Waals surface area (Å²) in [6, 6.07) is 5.13. The second kappa shape index (κ2) is 6.69. The van der Waals surface area contributed by atoms with E-state index in [1.165, 1.54) is 6.07 Å². The summed E-state index contributed by atoms with van der Waals surface area (Å²) in [7, 11) is 1.97. The van der Waals surface area contributed by atoms with Gasteiger partial charge in [-0.05, 0) is 12.5 Å². The second-order valence-electron chi connectivity index (χ2n) is 4.30. The highest BCUT2D eigenvalue weighted by Crippen LogP contribution is 2.20. The predicted octanol–water partition coefficient (Wildman–Crippen LogP) is 1.91. The average Bonchev–Trinajstić information content (AvgIpc) is 2.73. The minimum absolute atomic E-state index is 0. The zero-order valence-corrected chi connectivity index (χ0v) is 13.3. The lowest BCUT2D eigenvalue weighted by molar-refractivity contribution is -0.385. The summed E-state index contributed by atoms with van der Waals surface area (Å²) in [5.74, 6) is 0.848. The molecule has 0 spiro atoms. The van der Waals surface area contributed by atoms with Crippen molar-refractivity contribution in [2.24, 2.45) is 4.99 Å². The molecule has 0 saturated heterocycles. The topological polar surface area (TPSA) is 70.8 Å². The van der Waals surface area contributed by atoms with Crippen molar-refractivity contribution in [3.63, 3.8) is 0 Å². The number of nitrogens with one attached hydrogen (secondary N) is 1. The van der Waals surface area contributed by atoms with E-state index in [2.05, 4.69) is 10.3 Å². The fourth-order valence-electron chi connectivity index (χ4n) is 1.96. The molecule has 0 unspecified atom stereocenters. The van der Waals surface area contributed by atoms with Crippen LogP contribution in [0.4, 0.5) is 5.69 Å². The summed E-state index contributed by atoms with van der Waals surface area (Å²) >= 11 is 0. The maximum atomic E-state index is 10.8. The van der Waals surface area contributed by atoms with Gasteiger partial charge in [0.2, 0.25) is 0 Å². The first-order valence-electron chi connectivity index (χ1n) is 5.82. The quantitative estimate of drug-likeness (QED) is 0.497. The predicted molar refractivity (Wildman–Crippen MR) is 85.0 cm³/mol. The Morgan fingerprint density at radius 2 is 2.26 bits per heavy atom.